The number of amidine groups is 1. The lowest BCUT2D eigenvalue weighted by Crippen LogP contribution is -2.46. The van der Waals surface area contributed by atoms with E-state index in [9.17, 15) is 0 Å². The maximum Gasteiger partial charge on any atom is 0.155 e. The summed E-state index contributed by atoms with van der Waals surface area (Å²) >= 11 is 0. The monoisotopic (exact) mass is 521 g/mol. The summed E-state index contributed by atoms with van der Waals surface area (Å²) in [6.07, 6.45) is 9.30. The Hall–Kier alpha value is -3.91. The third kappa shape index (κ3) is 5.21. The molecule has 0 radical (unpaired) electrons. The van der Waals surface area contributed by atoms with Gasteiger partial charge in [-0.25, -0.2) is 5.84 Å². The van der Waals surface area contributed by atoms with Crippen LogP contribution < -0.4 is 27.7 Å². The molecular formula is C32H39N7. The van der Waals surface area contributed by atoms with Gasteiger partial charge in [-0.15, -0.1) is 0 Å². The summed E-state index contributed by atoms with van der Waals surface area (Å²) in [7, 11) is 0. The Labute approximate surface area is 231 Å². The third-order valence-electron chi connectivity index (χ3n) is 8.06. The number of rotatable bonds is 8. The summed E-state index contributed by atoms with van der Waals surface area (Å²) in [5, 5.41) is 11.1. The van der Waals surface area contributed by atoms with Crippen molar-refractivity contribution in [1.82, 2.24) is 15.6 Å². The number of nitrogens with zero attached hydrogens (tertiary/aromatic N) is 2. The average Bonchev–Trinajstić information content (AvgIpc) is 3.31. The molecule has 1 fully saturated rings. The fourth-order valence-corrected chi connectivity index (χ4v) is 6.12. The van der Waals surface area contributed by atoms with Crippen LogP contribution in [-0.2, 0) is 0 Å². The number of nitrogens with one attached hydrogen (secondary N) is 3. The predicted molar refractivity (Wildman–Crippen MR) is 162 cm³/mol. The standard InChI is InChI=1S/C32H39N7/c1-3-39-31(36-30(23-13-6-4-7-14-23)32(39,2)25-16-8-5-9-17-25)28-20-11-10-19-27(28)24-15-12-18-26(21-24)35-22-29(37-33)38-34/h4,6-8,10-21,30-31,35-36H,3,5,9,22,33-34H2,1-2H3,(H,37,38). The van der Waals surface area contributed by atoms with Gasteiger partial charge in [0.05, 0.1) is 24.3 Å². The van der Waals surface area contributed by atoms with Gasteiger partial charge >= 0.3 is 0 Å². The van der Waals surface area contributed by atoms with Crippen molar-refractivity contribution in [3.8, 4) is 11.1 Å². The predicted octanol–water partition coefficient (Wildman–Crippen LogP) is 5.20. The van der Waals surface area contributed by atoms with Crippen molar-refractivity contribution in [2.24, 2.45) is 16.8 Å². The van der Waals surface area contributed by atoms with Gasteiger partial charge in [0, 0.05) is 5.69 Å². The van der Waals surface area contributed by atoms with Crippen LogP contribution in [0.1, 0.15) is 50.0 Å². The zero-order valence-electron chi connectivity index (χ0n) is 22.8. The van der Waals surface area contributed by atoms with Crippen LogP contribution in [0.25, 0.3) is 11.1 Å². The van der Waals surface area contributed by atoms with Crippen molar-refractivity contribution in [3.63, 3.8) is 0 Å². The van der Waals surface area contributed by atoms with Gasteiger partial charge in [0.15, 0.2) is 5.84 Å². The van der Waals surface area contributed by atoms with Crippen LogP contribution in [-0.4, -0.2) is 29.4 Å². The zero-order chi connectivity index (χ0) is 27.2. The average molecular weight is 522 g/mol. The number of hydrogen-bond acceptors (Lipinski definition) is 6. The number of nitrogens with two attached hydrogens (primary N) is 2. The second-order valence-corrected chi connectivity index (χ2v) is 10.2. The summed E-state index contributed by atoms with van der Waals surface area (Å²) in [5.41, 5.74) is 9.56. The molecule has 202 valence electrons. The minimum atomic E-state index is -0.207. The summed E-state index contributed by atoms with van der Waals surface area (Å²) < 4.78 is 0. The Balaban J connectivity index is 1.55. The molecule has 0 saturated carbocycles. The van der Waals surface area contributed by atoms with Crippen molar-refractivity contribution in [2.75, 3.05) is 18.4 Å². The molecule has 5 rings (SSSR count). The van der Waals surface area contributed by atoms with E-state index in [-0.39, 0.29) is 17.7 Å². The third-order valence-corrected chi connectivity index (χ3v) is 8.06. The normalized spacial score (nSPS) is 23.5. The van der Waals surface area contributed by atoms with Crippen LogP contribution in [0.4, 0.5) is 5.69 Å². The van der Waals surface area contributed by atoms with E-state index in [2.05, 4.69) is 131 Å². The van der Waals surface area contributed by atoms with Crippen LogP contribution in [0.3, 0.4) is 0 Å². The molecule has 0 aromatic heterocycles. The second kappa shape index (κ2) is 11.9. The molecule has 1 heterocycles. The first kappa shape index (κ1) is 26.7. The molecule has 1 saturated heterocycles. The topological polar surface area (TPSA) is 104 Å². The highest BCUT2D eigenvalue weighted by Crippen LogP contribution is 2.50. The van der Waals surface area contributed by atoms with Crippen molar-refractivity contribution < 1.29 is 0 Å². The number of hydrazone groups is 1. The number of likely N-dealkylation sites (N-methyl/N-ethyl adjacent to an activating group) is 1. The Bertz CT molecular complexity index is 1360. The number of hydrogen-bond donors (Lipinski definition) is 5. The first-order valence-corrected chi connectivity index (χ1v) is 13.7. The number of anilines is 1. The molecule has 2 aliphatic rings. The molecule has 0 bridgehead atoms. The molecule has 3 unspecified atom stereocenters. The number of benzene rings is 3. The molecule has 0 spiro atoms. The van der Waals surface area contributed by atoms with Crippen LogP contribution >= 0.6 is 0 Å². The summed E-state index contributed by atoms with van der Waals surface area (Å²) in [4.78, 5) is 2.63. The molecule has 7 N–H and O–H groups in total. The largest absolute Gasteiger partial charge is 0.378 e. The Kier molecular flexibility index (Phi) is 8.12. The summed E-state index contributed by atoms with van der Waals surface area (Å²) in [6.45, 7) is 5.98. The lowest BCUT2D eigenvalue weighted by atomic mass is 9.78. The zero-order valence-corrected chi connectivity index (χ0v) is 22.8. The van der Waals surface area contributed by atoms with Gasteiger partial charge in [-0.1, -0.05) is 91.9 Å². The van der Waals surface area contributed by atoms with Gasteiger partial charge in [-0.2, -0.15) is 5.10 Å². The molecule has 1 aliphatic heterocycles. The minimum Gasteiger partial charge on any atom is -0.378 e. The Morgan fingerprint density at radius 3 is 2.56 bits per heavy atom. The van der Waals surface area contributed by atoms with E-state index >= 15 is 0 Å². The van der Waals surface area contributed by atoms with Crippen LogP contribution in [0, 0.1) is 0 Å². The smallest absolute Gasteiger partial charge is 0.155 e. The van der Waals surface area contributed by atoms with Crippen molar-refractivity contribution in [1.29, 1.82) is 0 Å². The molecule has 7 heteroatoms. The van der Waals surface area contributed by atoms with Crippen LogP contribution in [0.15, 0.2) is 108 Å². The summed E-state index contributed by atoms with van der Waals surface area (Å²) in [6, 6.07) is 28.1. The maximum atomic E-state index is 5.49. The van der Waals surface area contributed by atoms with E-state index in [0.717, 1.165) is 30.6 Å². The summed E-state index contributed by atoms with van der Waals surface area (Å²) in [5.74, 6) is 11.4. The highest BCUT2D eigenvalue weighted by atomic mass is 15.4. The Morgan fingerprint density at radius 2 is 1.85 bits per heavy atom. The van der Waals surface area contributed by atoms with Gasteiger partial charge in [-0.05, 0) is 66.3 Å². The van der Waals surface area contributed by atoms with Gasteiger partial charge < -0.3 is 16.6 Å². The van der Waals surface area contributed by atoms with Crippen LogP contribution in [0.5, 0.6) is 0 Å². The van der Waals surface area contributed by atoms with Gasteiger partial charge in [-0.3, -0.25) is 10.2 Å². The quantitative estimate of drug-likeness (QED) is 0.121. The first-order chi connectivity index (χ1) is 19.1. The molecule has 7 nitrogen and oxygen atoms in total. The molecule has 3 atom stereocenters. The van der Waals surface area contributed by atoms with Gasteiger partial charge in [0.1, 0.15) is 0 Å². The van der Waals surface area contributed by atoms with E-state index in [0.29, 0.717) is 12.4 Å². The highest BCUT2D eigenvalue weighted by Gasteiger charge is 2.52. The molecule has 3 aromatic rings. The van der Waals surface area contributed by atoms with E-state index in [1.165, 1.54) is 22.3 Å². The fourth-order valence-electron chi connectivity index (χ4n) is 6.12. The maximum absolute atomic E-state index is 5.49. The SMILES string of the molecule is CCN1C(c2ccccc2-c2cccc(NC/C(=N/N)NN)c2)NC(c2ccccc2)C1(C)C1=CCCC=C1. The van der Waals surface area contributed by atoms with Crippen molar-refractivity contribution in [3.05, 3.63) is 114 Å². The van der Waals surface area contributed by atoms with E-state index in [1.807, 2.05) is 6.07 Å². The lowest BCUT2D eigenvalue weighted by Gasteiger charge is -2.41. The van der Waals surface area contributed by atoms with Crippen molar-refractivity contribution in [2.45, 2.75) is 44.4 Å². The highest BCUT2D eigenvalue weighted by molar-refractivity contribution is 5.85. The first-order valence-electron chi connectivity index (χ1n) is 13.7. The second-order valence-electron chi connectivity index (χ2n) is 10.2. The van der Waals surface area contributed by atoms with E-state index < -0.39 is 0 Å². The van der Waals surface area contributed by atoms with E-state index in [4.69, 9.17) is 11.7 Å². The lowest BCUT2D eigenvalue weighted by molar-refractivity contribution is 0.144. The van der Waals surface area contributed by atoms with Crippen LogP contribution in [0.2, 0.25) is 0 Å². The number of hydrazine groups is 1. The van der Waals surface area contributed by atoms with Crippen molar-refractivity contribution >= 4 is 11.5 Å². The van der Waals surface area contributed by atoms with Gasteiger partial charge in [0.2, 0.25) is 0 Å². The molecule has 1 aliphatic carbocycles. The van der Waals surface area contributed by atoms with Gasteiger partial charge in [0.25, 0.3) is 0 Å². The molecule has 3 aromatic carbocycles. The molecule has 39 heavy (non-hydrogen) atoms. The molecule has 0 amide bonds. The minimum absolute atomic E-state index is 0.0339. The Morgan fingerprint density at radius 1 is 1.05 bits per heavy atom. The molecular weight excluding hydrogens is 482 g/mol. The fraction of sp³-hybridized carbons (Fsp3) is 0.281. The van der Waals surface area contributed by atoms with E-state index in [1.54, 1.807) is 0 Å². The number of allylic oxidation sites excluding steroid dienone is 2.